The fraction of sp³-hybridized carbons (Fsp3) is 0.118. The largest absolute Gasteiger partial charge is 0.325 e. The number of hydrogen-bond acceptors (Lipinski definition) is 6. The Labute approximate surface area is 147 Å². The van der Waals surface area contributed by atoms with E-state index in [1.807, 2.05) is 42.5 Å². The molecule has 7 nitrogen and oxygen atoms in total. The van der Waals surface area contributed by atoms with Crippen LogP contribution in [-0.4, -0.2) is 36.6 Å². The zero-order valence-electron chi connectivity index (χ0n) is 13.4. The average molecular weight is 350 g/mol. The molecular weight excluding hydrogens is 336 g/mol. The summed E-state index contributed by atoms with van der Waals surface area (Å²) < 4.78 is 1.58. The number of carbonyl (C=O) groups excluding carboxylic acids is 1. The summed E-state index contributed by atoms with van der Waals surface area (Å²) in [5.74, 6) is 0.128. The van der Waals surface area contributed by atoms with Gasteiger partial charge in [0.2, 0.25) is 5.91 Å². The van der Waals surface area contributed by atoms with Crippen molar-refractivity contribution in [3.05, 3.63) is 48.8 Å². The smallest absolute Gasteiger partial charge is 0.234 e. The quantitative estimate of drug-likeness (QED) is 0.450. The summed E-state index contributed by atoms with van der Waals surface area (Å²) in [6, 6.07) is 13.8. The Morgan fingerprint density at radius 3 is 2.92 bits per heavy atom. The Balaban J connectivity index is 1.50. The molecule has 2 aromatic heterocycles. The number of nitrogens with one attached hydrogen (secondary N) is 1. The summed E-state index contributed by atoms with van der Waals surface area (Å²) in [4.78, 5) is 20.7. The molecule has 0 radical (unpaired) electrons. The van der Waals surface area contributed by atoms with Gasteiger partial charge in [0, 0.05) is 18.1 Å². The second kappa shape index (κ2) is 6.48. The second-order valence-electron chi connectivity index (χ2n) is 5.43. The molecule has 124 valence electrons. The molecular formula is C17H14N6OS. The zero-order valence-corrected chi connectivity index (χ0v) is 14.2. The van der Waals surface area contributed by atoms with Gasteiger partial charge in [0.1, 0.15) is 11.4 Å². The number of carbonyl (C=O) groups is 1. The summed E-state index contributed by atoms with van der Waals surface area (Å²) in [7, 11) is 1.77. The fourth-order valence-electron chi connectivity index (χ4n) is 2.59. The van der Waals surface area contributed by atoms with E-state index in [2.05, 4.69) is 25.6 Å². The molecule has 8 heteroatoms. The summed E-state index contributed by atoms with van der Waals surface area (Å²) in [5, 5.41) is 13.7. The predicted molar refractivity (Wildman–Crippen MR) is 97.4 cm³/mol. The van der Waals surface area contributed by atoms with E-state index in [4.69, 9.17) is 0 Å². The van der Waals surface area contributed by atoms with Crippen molar-refractivity contribution in [2.75, 3.05) is 11.1 Å². The second-order valence-corrected chi connectivity index (χ2v) is 6.39. The summed E-state index contributed by atoms with van der Waals surface area (Å²) in [6.07, 6.45) is 1.45. The van der Waals surface area contributed by atoms with Crippen LogP contribution in [0.25, 0.3) is 21.9 Å². The Kier molecular flexibility index (Phi) is 4.02. The van der Waals surface area contributed by atoms with Crippen LogP contribution < -0.4 is 5.32 Å². The van der Waals surface area contributed by atoms with Crippen LogP contribution in [0.4, 0.5) is 5.69 Å². The highest BCUT2D eigenvalue weighted by atomic mass is 32.2. The Bertz CT molecular complexity index is 1070. The van der Waals surface area contributed by atoms with E-state index in [-0.39, 0.29) is 11.7 Å². The number of amides is 1. The highest BCUT2D eigenvalue weighted by Gasteiger charge is 2.12. The number of fused-ring (bicyclic) bond motifs is 2. The number of anilines is 1. The van der Waals surface area contributed by atoms with Crippen molar-refractivity contribution in [2.24, 2.45) is 7.05 Å². The first kappa shape index (κ1) is 15.5. The number of aromatic nitrogens is 5. The normalized spacial score (nSPS) is 11.1. The van der Waals surface area contributed by atoms with Crippen LogP contribution in [0.5, 0.6) is 0 Å². The van der Waals surface area contributed by atoms with E-state index in [9.17, 15) is 4.79 Å². The average Bonchev–Trinajstić information content (AvgIpc) is 3.02. The van der Waals surface area contributed by atoms with Gasteiger partial charge in [-0.1, -0.05) is 53.4 Å². The number of aryl methyl sites for hydroxylation is 1. The Morgan fingerprint density at radius 2 is 2.00 bits per heavy atom. The topological polar surface area (TPSA) is 85.6 Å². The van der Waals surface area contributed by atoms with E-state index >= 15 is 0 Å². The molecule has 0 aliphatic rings. The molecule has 0 unspecified atom stereocenters. The van der Waals surface area contributed by atoms with Gasteiger partial charge in [-0.25, -0.2) is 14.6 Å². The van der Waals surface area contributed by atoms with E-state index in [0.717, 1.165) is 16.5 Å². The van der Waals surface area contributed by atoms with Crippen LogP contribution in [0.2, 0.25) is 0 Å². The highest BCUT2D eigenvalue weighted by molar-refractivity contribution is 8.00. The lowest BCUT2D eigenvalue weighted by Gasteiger charge is -2.08. The number of rotatable bonds is 4. The zero-order chi connectivity index (χ0) is 17.2. The molecule has 1 N–H and O–H groups in total. The fourth-order valence-corrected chi connectivity index (χ4v) is 3.32. The minimum atomic E-state index is -0.1000. The molecule has 2 heterocycles. The van der Waals surface area contributed by atoms with Crippen molar-refractivity contribution in [3.63, 3.8) is 0 Å². The van der Waals surface area contributed by atoms with Gasteiger partial charge < -0.3 is 5.32 Å². The first-order valence-corrected chi connectivity index (χ1v) is 8.62. The van der Waals surface area contributed by atoms with E-state index < -0.39 is 0 Å². The van der Waals surface area contributed by atoms with Crippen LogP contribution >= 0.6 is 11.8 Å². The van der Waals surface area contributed by atoms with Gasteiger partial charge in [0.15, 0.2) is 11.2 Å². The highest BCUT2D eigenvalue weighted by Crippen LogP contribution is 2.25. The Hall–Kier alpha value is -3.00. The maximum absolute atomic E-state index is 12.4. The van der Waals surface area contributed by atoms with E-state index in [1.54, 1.807) is 11.7 Å². The molecule has 0 saturated heterocycles. The maximum atomic E-state index is 12.4. The molecule has 0 aliphatic carbocycles. The molecule has 0 saturated carbocycles. The molecule has 25 heavy (non-hydrogen) atoms. The molecule has 4 rings (SSSR count). The van der Waals surface area contributed by atoms with Crippen molar-refractivity contribution in [1.29, 1.82) is 0 Å². The molecule has 1 amide bonds. The van der Waals surface area contributed by atoms with Crippen molar-refractivity contribution in [2.45, 2.75) is 5.03 Å². The van der Waals surface area contributed by atoms with Crippen molar-refractivity contribution < 1.29 is 4.79 Å². The third-order valence-electron chi connectivity index (χ3n) is 3.76. The first-order chi connectivity index (χ1) is 12.2. The third-order valence-corrected chi connectivity index (χ3v) is 4.74. The monoisotopic (exact) mass is 350 g/mol. The van der Waals surface area contributed by atoms with Crippen molar-refractivity contribution in [1.82, 2.24) is 25.0 Å². The third kappa shape index (κ3) is 3.03. The number of nitrogens with zero attached hydrogens (tertiary/aromatic N) is 5. The van der Waals surface area contributed by atoms with Crippen LogP contribution in [0.1, 0.15) is 0 Å². The SMILES string of the molecule is Cn1nnc2c(SCC(=O)Nc3cccc4ccccc34)ncnc21. The minimum absolute atomic E-state index is 0.1000. The van der Waals surface area contributed by atoms with Gasteiger partial charge in [-0.05, 0) is 11.5 Å². The van der Waals surface area contributed by atoms with Crippen molar-refractivity contribution in [3.8, 4) is 0 Å². The Morgan fingerprint density at radius 1 is 1.16 bits per heavy atom. The molecule has 4 aromatic rings. The number of hydrogen-bond donors (Lipinski definition) is 1. The maximum Gasteiger partial charge on any atom is 0.234 e. The van der Waals surface area contributed by atoms with Crippen LogP contribution in [0, 0.1) is 0 Å². The standard InChI is InChI=1S/C17H14N6OS/c1-23-16-15(21-22-23)17(19-10-18-16)25-9-14(24)20-13-8-4-6-11-5-2-3-7-12(11)13/h2-8,10H,9H2,1H3,(H,20,24). The first-order valence-electron chi connectivity index (χ1n) is 7.63. The predicted octanol–water partition coefficient (Wildman–Crippen LogP) is 2.64. The van der Waals surface area contributed by atoms with Gasteiger partial charge in [-0.3, -0.25) is 4.79 Å². The van der Waals surface area contributed by atoms with Gasteiger partial charge in [0.25, 0.3) is 0 Å². The van der Waals surface area contributed by atoms with Gasteiger partial charge >= 0.3 is 0 Å². The van der Waals surface area contributed by atoms with Gasteiger partial charge in [0.05, 0.1) is 5.75 Å². The summed E-state index contributed by atoms with van der Waals surface area (Å²) >= 11 is 1.32. The molecule has 0 aliphatic heterocycles. The van der Waals surface area contributed by atoms with Crippen LogP contribution in [0.3, 0.4) is 0 Å². The summed E-state index contributed by atoms with van der Waals surface area (Å²) in [5.41, 5.74) is 2.05. The molecule has 0 atom stereocenters. The van der Waals surface area contributed by atoms with Crippen LogP contribution in [-0.2, 0) is 11.8 Å². The van der Waals surface area contributed by atoms with Gasteiger partial charge in [-0.15, -0.1) is 5.10 Å². The molecule has 0 spiro atoms. The van der Waals surface area contributed by atoms with Crippen LogP contribution in [0.15, 0.2) is 53.8 Å². The lowest BCUT2D eigenvalue weighted by atomic mass is 10.1. The molecule has 0 fully saturated rings. The van der Waals surface area contributed by atoms with Crippen molar-refractivity contribution >= 4 is 45.3 Å². The van der Waals surface area contributed by atoms with E-state index in [0.29, 0.717) is 16.2 Å². The molecule has 2 aromatic carbocycles. The minimum Gasteiger partial charge on any atom is -0.325 e. The van der Waals surface area contributed by atoms with E-state index in [1.165, 1.54) is 18.1 Å². The number of thioether (sulfide) groups is 1. The molecule has 0 bridgehead atoms. The number of benzene rings is 2. The summed E-state index contributed by atoms with van der Waals surface area (Å²) in [6.45, 7) is 0. The lowest BCUT2D eigenvalue weighted by Crippen LogP contribution is -2.14. The lowest BCUT2D eigenvalue weighted by molar-refractivity contribution is -0.113. The van der Waals surface area contributed by atoms with Gasteiger partial charge in [-0.2, -0.15) is 0 Å².